The summed E-state index contributed by atoms with van der Waals surface area (Å²) in [6.45, 7) is 7.87. The third-order valence-corrected chi connectivity index (χ3v) is 7.65. The summed E-state index contributed by atoms with van der Waals surface area (Å²) in [6.07, 6.45) is 7.12. The van der Waals surface area contributed by atoms with Gasteiger partial charge in [-0.15, -0.1) is 0 Å². The molecule has 37 heavy (non-hydrogen) atoms. The summed E-state index contributed by atoms with van der Waals surface area (Å²) >= 11 is 0. The van der Waals surface area contributed by atoms with E-state index >= 15 is 0 Å². The highest BCUT2D eigenvalue weighted by atomic mass is 16.6. The molecule has 1 aliphatic carbocycles. The third kappa shape index (κ3) is 6.20. The zero-order valence-electron chi connectivity index (χ0n) is 22.8. The number of carbonyl (C=O) groups excluding carboxylic acids is 1. The topological polar surface area (TPSA) is 88.3 Å². The second-order valence-electron chi connectivity index (χ2n) is 10.4. The summed E-state index contributed by atoms with van der Waals surface area (Å²) in [4.78, 5) is 12.8. The van der Waals surface area contributed by atoms with E-state index in [4.69, 9.17) is 33.2 Å². The average molecular weight is 517 g/mol. The first-order chi connectivity index (χ1) is 17.8. The van der Waals surface area contributed by atoms with Crippen molar-refractivity contribution >= 4 is 12.0 Å². The highest BCUT2D eigenvalue weighted by Crippen LogP contribution is 2.59. The molecule has 8 heteroatoms. The van der Waals surface area contributed by atoms with E-state index in [0.717, 1.165) is 18.4 Å². The molecule has 1 spiro atoms. The normalized spacial score (nSPS) is 32.3. The van der Waals surface area contributed by atoms with Gasteiger partial charge in [-0.2, -0.15) is 0 Å². The Balaban J connectivity index is 1.42. The van der Waals surface area contributed by atoms with Gasteiger partial charge in [-0.05, 0) is 63.8 Å². The number of benzene rings is 1. The highest BCUT2D eigenvalue weighted by Gasteiger charge is 2.72. The van der Waals surface area contributed by atoms with Crippen LogP contribution in [0.2, 0.25) is 0 Å². The Morgan fingerprint density at radius 1 is 1.16 bits per heavy atom. The number of epoxide rings is 2. The standard InChI is InChI=1S/C29H40O8/c1-19(2)7-11-24-28(3,37-24)27-26(33-6)22(13-14-29(27)18-35-29)36-25(30)12-9-20-8-10-21(32-5)23(17-20)34-16-15-31-4/h7-10,12,17,22,24,26-27H,11,13-16,18H2,1-6H3/b12-9+/t22-,24+,26-,27-,28?,29+/m1/s1. The maximum Gasteiger partial charge on any atom is 0.331 e. The van der Waals surface area contributed by atoms with Gasteiger partial charge in [-0.25, -0.2) is 4.79 Å². The minimum Gasteiger partial charge on any atom is -0.493 e. The minimum atomic E-state index is -0.418. The van der Waals surface area contributed by atoms with Gasteiger partial charge in [0.05, 0.1) is 32.3 Å². The number of hydrogen-bond acceptors (Lipinski definition) is 8. The van der Waals surface area contributed by atoms with E-state index in [2.05, 4.69) is 26.8 Å². The van der Waals surface area contributed by atoms with Crippen LogP contribution in [0.4, 0.5) is 0 Å². The summed E-state index contributed by atoms with van der Waals surface area (Å²) in [6, 6.07) is 5.47. The van der Waals surface area contributed by atoms with Crippen molar-refractivity contribution in [1.29, 1.82) is 0 Å². The van der Waals surface area contributed by atoms with Crippen molar-refractivity contribution < 1.29 is 38.0 Å². The number of hydrogen-bond donors (Lipinski definition) is 0. The van der Waals surface area contributed by atoms with Crippen LogP contribution in [0, 0.1) is 5.92 Å². The summed E-state index contributed by atoms with van der Waals surface area (Å²) < 4.78 is 40.3. The molecule has 2 heterocycles. The Bertz CT molecular complexity index is 1010. The number of esters is 1. The molecule has 6 atom stereocenters. The van der Waals surface area contributed by atoms with Crippen LogP contribution < -0.4 is 9.47 Å². The molecular formula is C29H40O8. The summed E-state index contributed by atoms with van der Waals surface area (Å²) in [5, 5.41) is 0. The Morgan fingerprint density at radius 3 is 2.59 bits per heavy atom. The molecule has 2 aliphatic heterocycles. The molecule has 1 unspecified atom stereocenters. The lowest BCUT2D eigenvalue weighted by Gasteiger charge is -2.42. The lowest BCUT2D eigenvalue weighted by molar-refractivity contribution is -0.166. The Labute approximate surface area is 219 Å². The molecule has 1 saturated carbocycles. The number of methoxy groups -OCH3 is 3. The molecule has 204 valence electrons. The van der Waals surface area contributed by atoms with Crippen LogP contribution in [-0.4, -0.2) is 76.6 Å². The fraction of sp³-hybridized carbons (Fsp3) is 0.621. The van der Waals surface area contributed by atoms with Gasteiger partial charge in [0.1, 0.15) is 30.0 Å². The van der Waals surface area contributed by atoms with Crippen LogP contribution in [-0.2, 0) is 28.5 Å². The largest absolute Gasteiger partial charge is 0.493 e. The Morgan fingerprint density at radius 2 is 1.95 bits per heavy atom. The SMILES string of the molecule is COCCOc1cc(/C=C/C(=O)O[C@@H]2CC[C@]3(CO3)[C@@H](C3(C)O[C@H]3CC=C(C)C)[C@@H]2OC)ccc1OC. The first-order valence-corrected chi connectivity index (χ1v) is 12.9. The number of ether oxygens (including phenoxy) is 7. The molecule has 3 fully saturated rings. The zero-order chi connectivity index (χ0) is 26.6. The van der Waals surface area contributed by atoms with Crippen molar-refractivity contribution in [3.05, 3.63) is 41.5 Å². The lowest BCUT2D eigenvalue weighted by atomic mass is 9.68. The van der Waals surface area contributed by atoms with Gasteiger partial charge in [0.2, 0.25) is 0 Å². The first kappa shape index (κ1) is 27.6. The van der Waals surface area contributed by atoms with E-state index < -0.39 is 5.97 Å². The van der Waals surface area contributed by atoms with Crippen LogP contribution in [0.3, 0.4) is 0 Å². The van der Waals surface area contributed by atoms with Crippen molar-refractivity contribution in [2.45, 2.75) is 69.5 Å². The molecule has 1 aromatic carbocycles. The minimum absolute atomic E-state index is 0.00973. The highest BCUT2D eigenvalue weighted by molar-refractivity contribution is 5.87. The van der Waals surface area contributed by atoms with Gasteiger partial charge in [0.15, 0.2) is 11.5 Å². The molecule has 0 amide bonds. The predicted octanol–water partition coefficient (Wildman–Crippen LogP) is 4.35. The van der Waals surface area contributed by atoms with Crippen molar-refractivity contribution in [2.24, 2.45) is 5.92 Å². The number of rotatable bonds is 12. The summed E-state index contributed by atoms with van der Waals surface area (Å²) in [7, 11) is 4.88. The van der Waals surface area contributed by atoms with Crippen LogP contribution in [0.25, 0.3) is 6.08 Å². The molecular weight excluding hydrogens is 476 g/mol. The van der Waals surface area contributed by atoms with Crippen molar-refractivity contribution in [3.8, 4) is 11.5 Å². The fourth-order valence-corrected chi connectivity index (χ4v) is 5.57. The molecule has 0 aromatic heterocycles. The maximum atomic E-state index is 12.8. The van der Waals surface area contributed by atoms with Gasteiger partial charge in [-0.3, -0.25) is 0 Å². The second kappa shape index (κ2) is 11.6. The number of carbonyl (C=O) groups is 1. The van der Waals surface area contributed by atoms with E-state index in [1.165, 1.54) is 11.6 Å². The smallest absolute Gasteiger partial charge is 0.331 e. The maximum absolute atomic E-state index is 12.8. The average Bonchev–Trinajstić information content (AvgIpc) is 3.79. The summed E-state index contributed by atoms with van der Waals surface area (Å²) in [5.74, 6) is 0.769. The molecule has 0 N–H and O–H groups in total. The molecule has 4 rings (SSSR count). The monoisotopic (exact) mass is 516 g/mol. The molecule has 3 aliphatic rings. The Hall–Kier alpha value is -2.39. The van der Waals surface area contributed by atoms with Gasteiger partial charge < -0.3 is 33.2 Å². The predicted molar refractivity (Wildman–Crippen MR) is 139 cm³/mol. The molecule has 8 nitrogen and oxygen atoms in total. The second-order valence-corrected chi connectivity index (χ2v) is 10.4. The van der Waals surface area contributed by atoms with Crippen LogP contribution in [0.1, 0.15) is 45.6 Å². The van der Waals surface area contributed by atoms with Crippen molar-refractivity contribution in [3.63, 3.8) is 0 Å². The van der Waals surface area contributed by atoms with Gasteiger partial charge >= 0.3 is 5.97 Å². The van der Waals surface area contributed by atoms with Gasteiger partial charge in [-0.1, -0.05) is 17.7 Å². The van der Waals surface area contributed by atoms with E-state index in [-0.39, 0.29) is 35.4 Å². The quantitative estimate of drug-likeness (QED) is 0.133. The number of allylic oxidation sites excluding steroid dienone is 1. The molecule has 0 bridgehead atoms. The van der Waals surface area contributed by atoms with E-state index in [9.17, 15) is 4.79 Å². The zero-order valence-corrected chi connectivity index (χ0v) is 22.8. The third-order valence-electron chi connectivity index (χ3n) is 7.65. The Kier molecular flexibility index (Phi) is 8.63. The molecule has 0 radical (unpaired) electrons. The van der Waals surface area contributed by atoms with Gasteiger partial charge in [0.25, 0.3) is 0 Å². The van der Waals surface area contributed by atoms with Crippen LogP contribution >= 0.6 is 0 Å². The van der Waals surface area contributed by atoms with Crippen LogP contribution in [0.5, 0.6) is 11.5 Å². The molecule has 1 aromatic rings. The fourth-order valence-electron chi connectivity index (χ4n) is 5.57. The molecule has 2 saturated heterocycles. The summed E-state index contributed by atoms with van der Waals surface area (Å²) in [5.41, 5.74) is 1.44. The van der Waals surface area contributed by atoms with E-state index in [0.29, 0.717) is 37.7 Å². The van der Waals surface area contributed by atoms with E-state index in [1.54, 1.807) is 33.5 Å². The lowest BCUT2D eigenvalue weighted by Crippen LogP contribution is -2.55. The van der Waals surface area contributed by atoms with Crippen molar-refractivity contribution in [2.75, 3.05) is 41.2 Å². The first-order valence-electron chi connectivity index (χ1n) is 12.9. The van der Waals surface area contributed by atoms with Crippen LogP contribution in [0.15, 0.2) is 35.9 Å². The van der Waals surface area contributed by atoms with Crippen molar-refractivity contribution in [1.82, 2.24) is 0 Å². The van der Waals surface area contributed by atoms with Gasteiger partial charge in [0, 0.05) is 20.3 Å². The van der Waals surface area contributed by atoms with E-state index in [1.807, 2.05) is 12.1 Å².